The molecule has 2 aliphatic rings. The molecule has 0 radical (unpaired) electrons. The standard InChI is InChI=1S/C15H16O3/c1-10(11-4-6-17-8-11)13-9-18-15(2)5-3-12(16)7-14(13)15/h3-6,8,13-14H,1,7,9H2,2H3/t13-,14+,15+/m0/s1. The number of carbonyl (C=O) groups is 1. The van der Waals surface area contributed by atoms with Crippen molar-refractivity contribution in [2.45, 2.75) is 18.9 Å². The summed E-state index contributed by atoms with van der Waals surface area (Å²) in [4.78, 5) is 11.6. The number of rotatable bonds is 2. The van der Waals surface area contributed by atoms with E-state index in [-0.39, 0.29) is 23.2 Å². The number of furan rings is 1. The molecule has 0 aromatic carbocycles. The summed E-state index contributed by atoms with van der Waals surface area (Å²) < 4.78 is 11.0. The first-order valence-corrected chi connectivity index (χ1v) is 6.17. The molecule has 0 saturated carbocycles. The van der Waals surface area contributed by atoms with Gasteiger partial charge in [0.05, 0.1) is 24.7 Å². The van der Waals surface area contributed by atoms with Gasteiger partial charge < -0.3 is 9.15 Å². The summed E-state index contributed by atoms with van der Waals surface area (Å²) in [6, 6.07) is 1.90. The molecule has 1 saturated heterocycles. The quantitative estimate of drug-likeness (QED) is 0.803. The SMILES string of the molecule is C=C(c1ccoc1)[C@@H]1CO[C@]2(C)C=CC(=O)C[C@H]12. The second-order valence-electron chi connectivity index (χ2n) is 5.25. The number of carbonyl (C=O) groups excluding carboxylic acids is 1. The zero-order chi connectivity index (χ0) is 12.8. The smallest absolute Gasteiger partial charge is 0.155 e. The molecule has 0 unspecified atom stereocenters. The average molecular weight is 244 g/mol. The molecule has 1 aromatic rings. The third-order valence-electron chi connectivity index (χ3n) is 4.16. The summed E-state index contributed by atoms with van der Waals surface area (Å²) in [5.74, 6) is 0.534. The van der Waals surface area contributed by atoms with Crippen molar-refractivity contribution in [3.63, 3.8) is 0 Å². The van der Waals surface area contributed by atoms with E-state index in [1.54, 1.807) is 18.6 Å². The lowest BCUT2D eigenvalue weighted by Gasteiger charge is -2.32. The molecular formula is C15H16O3. The third-order valence-corrected chi connectivity index (χ3v) is 4.16. The van der Waals surface area contributed by atoms with Crippen LogP contribution in [-0.2, 0) is 9.53 Å². The highest BCUT2D eigenvalue weighted by atomic mass is 16.5. The van der Waals surface area contributed by atoms with E-state index in [4.69, 9.17) is 9.15 Å². The Morgan fingerprint density at radius 3 is 3.11 bits per heavy atom. The van der Waals surface area contributed by atoms with Crippen LogP contribution in [0.25, 0.3) is 5.57 Å². The van der Waals surface area contributed by atoms with Crippen molar-refractivity contribution >= 4 is 11.4 Å². The topological polar surface area (TPSA) is 39.4 Å². The van der Waals surface area contributed by atoms with Crippen LogP contribution >= 0.6 is 0 Å². The highest BCUT2D eigenvalue weighted by molar-refractivity contribution is 5.91. The number of allylic oxidation sites excluding steroid dienone is 1. The number of ketones is 1. The highest BCUT2D eigenvalue weighted by Crippen LogP contribution is 2.46. The zero-order valence-electron chi connectivity index (χ0n) is 10.4. The van der Waals surface area contributed by atoms with Crippen LogP contribution in [0.2, 0.25) is 0 Å². The summed E-state index contributed by atoms with van der Waals surface area (Å²) in [6.45, 7) is 6.81. The second kappa shape index (κ2) is 3.95. The molecule has 0 spiro atoms. The van der Waals surface area contributed by atoms with Gasteiger partial charge in [-0.1, -0.05) is 6.58 Å². The van der Waals surface area contributed by atoms with Crippen LogP contribution < -0.4 is 0 Å². The van der Waals surface area contributed by atoms with Crippen LogP contribution in [0.15, 0.2) is 41.7 Å². The van der Waals surface area contributed by atoms with Crippen molar-refractivity contribution in [2.75, 3.05) is 6.61 Å². The van der Waals surface area contributed by atoms with Gasteiger partial charge >= 0.3 is 0 Å². The first-order chi connectivity index (χ1) is 8.60. The predicted octanol–water partition coefficient (Wildman–Crippen LogP) is 2.84. The Morgan fingerprint density at radius 2 is 2.39 bits per heavy atom. The van der Waals surface area contributed by atoms with Gasteiger partial charge in [0, 0.05) is 23.8 Å². The Kier molecular flexibility index (Phi) is 2.52. The lowest BCUT2D eigenvalue weighted by molar-refractivity contribution is -0.117. The molecule has 1 aliphatic heterocycles. The second-order valence-corrected chi connectivity index (χ2v) is 5.25. The van der Waals surface area contributed by atoms with Gasteiger partial charge in [-0.15, -0.1) is 0 Å². The van der Waals surface area contributed by atoms with E-state index in [1.807, 2.05) is 19.1 Å². The van der Waals surface area contributed by atoms with Crippen molar-refractivity contribution in [2.24, 2.45) is 11.8 Å². The Hall–Kier alpha value is -1.61. The van der Waals surface area contributed by atoms with Crippen LogP contribution in [0.3, 0.4) is 0 Å². The zero-order valence-corrected chi connectivity index (χ0v) is 10.4. The fraction of sp³-hybridized carbons (Fsp3) is 0.400. The third kappa shape index (κ3) is 1.66. The van der Waals surface area contributed by atoms with Gasteiger partial charge in [0.2, 0.25) is 0 Å². The highest BCUT2D eigenvalue weighted by Gasteiger charge is 2.48. The first kappa shape index (κ1) is 11.5. The van der Waals surface area contributed by atoms with E-state index < -0.39 is 0 Å². The Balaban J connectivity index is 1.90. The van der Waals surface area contributed by atoms with Crippen molar-refractivity contribution in [1.82, 2.24) is 0 Å². The summed E-state index contributed by atoms with van der Waals surface area (Å²) >= 11 is 0. The van der Waals surface area contributed by atoms with Gasteiger partial charge in [-0.3, -0.25) is 4.79 Å². The average Bonchev–Trinajstić information content (AvgIpc) is 2.96. The molecule has 3 rings (SSSR count). The fourth-order valence-corrected chi connectivity index (χ4v) is 2.96. The molecule has 1 fully saturated rings. The minimum absolute atomic E-state index is 0.174. The van der Waals surface area contributed by atoms with E-state index >= 15 is 0 Å². The predicted molar refractivity (Wildman–Crippen MR) is 67.8 cm³/mol. The minimum Gasteiger partial charge on any atom is -0.472 e. The van der Waals surface area contributed by atoms with Gasteiger partial charge in [-0.2, -0.15) is 0 Å². The molecule has 3 nitrogen and oxygen atoms in total. The van der Waals surface area contributed by atoms with Crippen LogP contribution in [0.5, 0.6) is 0 Å². The van der Waals surface area contributed by atoms with Crippen molar-refractivity contribution in [1.29, 1.82) is 0 Å². The lowest BCUT2D eigenvalue weighted by Crippen LogP contribution is -2.36. The Labute approximate surface area is 106 Å². The number of hydrogen-bond donors (Lipinski definition) is 0. The van der Waals surface area contributed by atoms with E-state index in [9.17, 15) is 4.79 Å². The fourth-order valence-electron chi connectivity index (χ4n) is 2.96. The molecule has 3 atom stereocenters. The van der Waals surface area contributed by atoms with Crippen molar-refractivity contribution in [3.8, 4) is 0 Å². The van der Waals surface area contributed by atoms with Gasteiger partial charge in [-0.05, 0) is 30.7 Å². The van der Waals surface area contributed by atoms with Gasteiger partial charge in [-0.25, -0.2) is 0 Å². The van der Waals surface area contributed by atoms with Crippen LogP contribution in [0.1, 0.15) is 18.9 Å². The summed E-state index contributed by atoms with van der Waals surface area (Å²) in [5, 5.41) is 0. The molecule has 0 bridgehead atoms. The maximum atomic E-state index is 11.6. The molecule has 18 heavy (non-hydrogen) atoms. The van der Waals surface area contributed by atoms with Crippen LogP contribution in [-0.4, -0.2) is 18.0 Å². The molecule has 2 heterocycles. The molecule has 94 valence electrons. The number of fused-ring (bicyclic) bond motifs is 1. The van der Waals surface area contributed by atoms with Gasteiger partial charge in [0.1, 0.15) is 0 Å². The van der Waals surface area contributed by atoms with E-state index in [0.29, 0.717) is 13.0 Å². The van der Waals surface area contributed by atoms with E-state index in [0.717, 1.165) is 11.1 Å². The largest absolute Gasteiger partial charge is 0.472 e. The maximum Gasteiger partial charge on any atom is 0.155 e. The van der Waals surface area contributed by atoms with Crippen LogP contribution in [0, 0.1) is 11.8 Å². The molecule has 1 aromatic heterocycles. The molecule has 0 amide bonds. The Morgan fingerprint density at radius 1 is 1.56 bits per heavy atom. The minimum atomic E-state index is -0.328. The molecule has 3 heteroatoms. The van der Waals surface area contributed by atoms with Gasteiger partial charge in [0.15, 0.2) is 5.78 Å². The number of hydrogen-bond acceptors (Lipinski definition) is 3. The number of ether oxygens (including phenoxy) is 1. The van der Waals surface area contributed by atoms with Gasteiger partial charge in [0.25, 0.3) is 0 Å². The van der Waals surface area contributed by atoms with Crippen LogP contribution in [0.4, 0.5) is 0 Å². The van der Waals surface area contributed by atoms with Crippen molar-refractivity contribution in [3.05, 3.63) is 42.9 Å². The van der Waals surface area contributed by atoms with E-state index in [1.165, 1.54) is 0 Å². The lowest BCUT2D eigenvalue weighted by atomic mass is 9.72. The molecule has 0 N–H and O–H groups in total. The Bertz CT molecular complexity index is 512. The normalized spacial score (nSPS) is 34.6. The van der Waals surface area contributed by atoms with Crippen molar-refractivity contribution < 1.29 is 13.9 Å². The molecule has 1 aliphatic carbocycles. The summed E-state index contributed by atoms with van der Waals surface area (Å²) in [5.41, 5.74) is 1.67. The summed E-state index contributed by atoms with van der Waals surface area (Å²) in [7, 11) is 0. The monoisotopic (exact) mass is 244 g/mol. The summed E-state index contributed by atoms with van der Waals surface area (Å²) in [6.07, 6.45) is 7.40. The van der Waals surface area contributed by atoms with E-state index in [2.05, 4.69) is 6.58 Å². The maximum absolute atomic E-state index is 11.6. The first-order valence-electron chi connectivity index (χ1n) is 6.17. The molecular weight excluding hydrogens is 228 g/mol.